The molecule has 0 radical (unpaired) electrons. The van der Waals surface area contributed by atoms with E-state index in [2.05, 4.69) is 25.8 Å². The van der Waals surface area contributed by atoms with Gasteiger partial charge >= 0.3 is 12.0 Å². The Balaban J connectivity index is 2.27. The molecule has 21 heavy (non-hydrogen) atoms. The van der Waals surface area contributed by atoms with Crippen molar-refractivity contribution in [2.75, 3.05) is 13.1 Å². The molecule has 1 aromatic rings. The number of H-pyrrole nitrogens is 1. The molecular formula is C13H23N5O3. The number of amides is 2. The number of carboxylic acids is 1. The molecule has 1 heterocycles. The molecule has 0 spiro atoms. The van der Waals surface area contributed by atoms with Crippen molar-refractivity contribution in [3.63, 3.8) is 0 Å². The molecule has 0 aromatic carbocycles. The van der Waals surface area contributed by atoms with E-state index < -0.39 is 11.9 Å². The van der Waals surface area contributed by atoms with Crippen LogP contribution >= 0.6 is 0 Å². The smallest absolute Gasteiger partial charge is 0.314 e. The maximum absolute atomic E-state index is 11.6. The Hall–Kier alpha value is -2.12. The highest BCUT2D eigenvalue weighted by atomic mass is 16.4. The van der Waals surface area contributed by atoms with Crippen molar-refractivity contribution >= 4 is 12.0 Å². The van der Waals surface area contributed by atoms with E-state index in [1.807, 2.05) is 20.8 Å². The van der Waals surface area contributed by atoms with Gasteiger partial charge in [-0.15, -0.1) is 0 Å². The van der Waals surface area contributed by atoms with Crippen LogP contribution in [0.5, 0.6) is 0 Å². The van der Waals surface area contributed by atoms with Gasteiger partial charge in [-0.25, -0.2) is 9.78 Å². The molecule has 0 bridgehead atoms. The summed E-state index contributed by atoms with van der Waals surface area (Å²) in [6.07, 6.45) is 2.44. The highest BCUT2D eigenvalue weighted by Gasteiger charge is 2.24. The second-order valence-electron chi connectivity index (χ2n) is 6.12. The van der Waals surface area contributed by atoms with E-state index in [-0.39, 0.29) is 18.0 Å². The summed E-state index contributed by atoms with van der Waals surface area (Å²) in [7, 11) is 0. The minimum absolute atomic E-state index is 0.104. The maximum Gasteiger partial charge on any atom is 0.314 e. The van der Waals surface area contributed by atoms with Crippen molar-refractivity contribution in [1.29, 1.82) is 0 Å². The van der Waals surface area contributed by atoms with Crippen LogP contribution in [0.1, 0.15) is 33.0 Å². The van der Waals surface area contributed by atoms with Crippen molar-refractivity contribution in [2.45, 2.75) is 33.6 Å². The number of aliphatic carboxylic acids is 1. The fourth-order valence-corrected chi connectivity index (χ4v) is 1.91. The highest BCUT2D eigenvalue weighted by Crippen LogP contribution is 2.24. The number of urea groups is 1. The zero-order chi connectivity index (χ0) is 15.9. The number of hydrogen-bond donors (Lipinski definition) is 4. The number of nitrogens with zero attached hydrogens (tertiary/aromatic N) is 2. The fourth-order valence-electron chi connectivity index (χ4n) is 1.91. The first kappa shape index (κ1) is 16.9. The lowest BCUT2D eigenvalue weighted by Crippen LogP contribution is -2.41. The number of nitrogens with one attached hydrogen (secondary N) is 3. The van der Waals surface area contributed by atoms with Gasteiger partial charge in [-0.05, 0) is 11.8 Å². The average molecular weight is 297 g/mol. The summed E-state index contributed by atoms with van der Waals surface area (Å²) in [5, 5.41) is 20.8. The predicted octanol–water partition coefficient (Wildman–Crippen LogP) is 0.783. The van der Waals surface area contributed by atoms with Crippen LogP contribution < -0.4 is 10.6 Å². The molecule has 0 aliphatic rings. The summed E-state index contributed by atoms with van der Waals surface area (Å²) < 4.78 is 0. The van der Waals surface area contributed by atoms with E-state index in [4.69, 9.17) is 5.11 Å². The topological polar surface area (TPSA) is 120 Å². The Bertz CT molecular complexity index is 453. The summed E-state index contributed by atoms with van der Waals surface area (Å²) in [6, 6.07) is -0.380. The van der Waals surface area contributed by atoms with Gasteiger partial charge in [0.15, 0.2) is 0 Å². The second-order valence-corrected chi connectivity index (χ2v) is 6.12. The lowest BCUT2D eigenvalue weighted by molar-refractivity contribution is -0.142. The van der Waals surface area contributed by atoms with Crippen molar-refractivity contribution in [3.05, 3.63) is 12.2 Å². The van der Waals surface area contributed by atoms with Gasteiger partial charge < -0.3 is 15.7 Å². The molecule has 1 atom stereocenters. The molecule has 118 valence electrons. The fraction of sp³-hybridized carbons (Fsp3) is 0.692. The SMILES string of the molecule is CC(C)(C)CC(CNC(=O)NCCc1ncn[nH]1)C(=O)O. The van der Waals surface area contributed by atoms with Crippen molar-refractivity contribution in [2.24, 2.45) is 11.3 Å². The summed E-state index contributed by atoms with van der Waals surface area (Å²) in [5.74, 6) is -0.802. The first-order chi connectivity index (χ1) is 9.78. The van der Waals surface area contributed by atoms with E-state index in [0.717, 1.165) is 0 Å². The summed E-state index contributed by atoms with van der Waals surface area (Å²) in [6.45, 7) is 6.43. The largest absolute Gasteiger partial charge is 0.481 e. The lowest BCUT2D eigenvalue weighted by Gasteiger charge is -2.23. The number of carbonyl (C=O) groups excluding carboxylic acids is 1. The van der Waals surface area contributed by atoms with E-state index in [9.17, 15) is 9.59 Å². The number of aromatic amines is 1. The molecule has 8 heteroatoms. The van der Waals surface area contributed by atoms with Crippen LogP contribution in [0.2, 0.25) is 0 Å². The first-order valence-corrected chi connectivity index (χ1v) is 6.86. The number of rotatable bonds is 7. The molecule has 0 saturated heterocycles. The summed E-state index contributed by atoms with van der Waals surface area (Å²) in [5.41, 5.74) is -0.104. The highest BCUT2D eigenvalue weighted by molar-refractivity contribution is 5.75. The average Bonchev–Trinajstić information content (AvgIpc) is 2.86. The van der Waals surface area contributed by atoms with Crippen LogP contribution in [0, 0.1) is 11.3 Å². The standard InChI is InChI=1S/C13H23N5O3/c1-13(2,3)6-9(11(19)20)7-15-12(21)14-5-4-10-16-8-17-18-10/h8-9H,4-7H2,1-3H3,(H,19,20)(H2,14,15,21)(H,16,17,18). The summed E-state index contributed by atoms with van der Waals surface area (Å²) in [4.78, 5) is 26.7. The van der Waals surface area contributed by atoms with Crippen LogP contribution in [0.3, 0.4) is 0 Å². The molecule has 0 saturated carbocycles. The number of carbonyl (C=O) groups is 2. The normalized spacial score (nSPS) is 12.7. The van der Waals surface area contributed by atoms with Gasteiger partial charge in [-0.2, -0.15) is 5.10 Å². The van der Waals surface area contributed by atoms with Crippen LogP contribution in [0.25, 0.3) is 0 Å². The third kappa shape index (κ3) is 7.28. The third-order valence-electron chi connectivity index (χ3n) is 2.83. The molecule has 4 N–H and O–H groups in total. The van der Waals surface area contributed by atoms with Crippen molar-refractivity contribution in [1.82, 2.24) is 25.8 Å². The molecule has 0 aliphatic heterocycles. The predicted molar refractivity (Wildman–Crippen MR) is 76.7 cm³/mol. The van der Waals surface area contributed by atoms with E-state index in [1.165, 1.54) is 6.33 Å². The van der Waals surface area contributed by atoms with Gasteiger partial charge in [0.05, 0.1) is 5.92 Å². The Kier molecular flexibility index (Phi) is 6.13. The van der Waals surface area contributed by atoms with Crippen LogP contribution in [0.15, 0.2) is 6.33 Å². The molecule has 0 fully saturated rings. The van der Waals surface area contributed by atoms with E-state index in [0.29, 0.717) is 25.2 Å². The van der Waals surface area contributed by atoms with Gasteiger partial charge in [0, 0.05) is 19.5 Å². The van der Waals surface area contributed by atoms with Gasteiger partial charge in [-0.1, -0.05) is 20.8 Å². The van der Waals surface area contributed by atoms with Crippen molar-refractivity contribution < 1.29 is 14.7 Å². The lowest BCUT2D eigenvalue weighted by atomic mass is 9.84. The van der Waals surface area contributed by atoms with E-state index >= 15 is 0 Å². The zero-order valence-electron chi connectivity index (χ0n) is 12.6. The first-order valence-electron chi connectivity index (χ1n) is 6.86. The maximum atomic E-state index is 11.6. The monoisotopic (exact) mass is 297 g/mol. The molecule has 0 aliphatic carbocycles. The Morgan fingerprint density at radius 3 is 2.62 bits per heavy atom. The van der Waals surface area contributed by atoms with Gasteiger partial charge in [-0.3, -0.25) is 9.89 Å². The van der Waals surface area contributed by atoms with Gasteiger partial charge in [0.2, 0.25) is 0 Å². The quantitative estimate of drug-likeness (QED) is 0.593. The Morgan fingerprint density at radius 2 is 2.10 bits per heavy atom. The number of hydrogen-bond acceptors (Lipinski definition) is 4. The molecule has 8 nitrogen and oxygen atoms in total. The molecule has 2 amide bonds. The number of carboxylic acid groups (broad SMARTS) is 1. The summed E-state index contributed by atoms with van der Waals surface area (Å²) >= 11 is 0. The number of aromatic nitrogens is 3. The Morgan fingerprint density at radius 1 is 1.38 bits per heavy atom. The molecule has 1 aromatic heterocycles. The van der Waals surface area contributed by atoms with Crippen LogP contribution in [-0.2, 0) is 11.2 Å². The van der Waals surface area contributed by atoms with Gasteiger partial charge in [0.1, 0.15) is 12.2 Å². The molecular weight excluding hydrogens is 274 g/mol. The minimum Gasteiger partial charge on any atom is -0.481 e. The minimum atomic E-state index is -0.896. The van der Waals surface area contributed by atoms with Crippen LogP contribution in [-0.4, -0.2) is 45.4 Å². The van der Waals surface area contributed by atoms with Crippen molar-refractivity contribution in [3.8, 4) is 0 Å². The second kappa shape index (κ2) is 7.61. The third-order valence-corrected chi connectivity index (χ3v) is 2.83. The molecule has 1 unspecified atom stereocenters. The van der Waals surface area contributed by atoms with E-state index in [1.54, 1.807) is 0 Å². The Labute approximate surface area is 123 Å². The molecule has 1 rings (SSSR count). The van der Waals surface area contributed by atoms with Crippen LogP contribution in [0.4, 0.5) is 4.79 Å². The van der Waals surface area contributed by atoms with Gasteiger partial charge in [0.25, 0.3) is 0 Å². The zero-order valence-corrected chi connectivity index (χ0v) is 12.6.